The minimum absolute atomic E-state index is 0.226. The van der Waals surface area contributed by atoms with Gasteiger partial charge in [-0.2, -0.15) is 9.78 Å². The number of hydrogen-bond acceptors (Lipinski definition) is 4. The zero-order chi connectivity index (χ0) is 17.6. The van der Waals surface area contributed by atoms with E-state index in [1.807, 2.05) is 10.8 Å². The Morgan fingerprint density at radius 3 is 2.64 bits per heavy atom. The van der Waals surface area contributed by atoms with E-state index in [2.05, 4.69) is 20.7 Å². The quantitative estimate of drug-likeness (QED) is 0.653. The number of nitrogens with zero attached hydrogens (tertiary/aromatic N) is 5. The maximum Gasteiger partial charge on any atom is 0.350 e. The number of aromatic nitrogens is 5. The van der Waals surface area contributed by atoms with Gasteiger partial charge in [0.25, 0.3) is 0 Å². The average molecular weight is 341 g/mol. The molecular weight excluding hydrogens is 322 g/mol. The van der Waals surface area contributed by atoms with Gasteiger partial charge in [0, 0.05) is 38.2 Å². The minimum Gasteiger partial charge on any atom is -0.338 e. The van der Waals surface area contributed by atoms with Crippen molar-refractivity contribution in [2.24, 2.45) is 7.05 Å². The van der Waals surface area contributed by atoms with Gasteiger partial charge in [-0.05, 0) is 30.7 Å². The van der Waals surface area contributed by atoms with Gasteiger partial charge in [0.1, 0.15) is 6.33 Å². The van der Waals surface area contributed by atoms with E-state index in [4.69, 9.17) is 0 Å². The number of hydrogen-bond donors (Lipinski definition) is 2. The average Bonchev–Trinajstić information content (AvgIpc) is 3.24. The summed E-state index contributed by atoms with van der Waals surface area (Å²) >= 11 is 0. The molecule has 0 bridgehead atoms. The second-order valence-electron chi connectivity index (χ2n) is 5.52. The first-order valence-corrected chi connectivity index (χ1v) is 7.85. The molecule has 25 heavy (non-hydrogen) atoms. The molecule has 0 aliphatic heterocycles. The van der Waals surface area contributed by atoms with Crippen molar-refractivity contribution in [1.29, 1.82) is 0 Å². The molecule has 0 fully saturated rings. The number of rotatable bonds is 6. The Hall–Kier alpha value is -3.36. The van der Waals surface area contributed by atoms with Gasteiger partial charge in [0.2, 0.25) is 0 Å². The van der Waals surface area contributed by atoms with Crippen molar-refractivity contribution in [2.75, 3.05) is 11.9 Å². The second-order valence-corrected chi connectivity index (χ2v) is 5.52. The summed E-state index contributed by atoms with van der Waals surface area (Å²) in [5.74, 6) is 0. The van der Waals surface area contributed by atoms with Crippen LogP contribution in [0.3, 0.4) is 0 Å². The summed E-state index contributed by atoms with van der Waals surface area (Å²) in [6, 6.07) is 6.63. The summed E-state index contributed by atoms with van der Waals surface area (Å²) in [5.41, 5.74) is 1.05. The molecule has 0 aliphatic carbocycles. The third kappa shape index (κ3) is 4.14. The monoisotopic (exact) mass is 341 g/mol. The van der Waals surface area contributed by atoms with Gasteiger partial charge >= 0.3 is 11.7 Å². The first kappa shape index (κ1) is 16.5. The Labute approximate surface area is 143 Å². The first-order chi connectivity index (χ1) is 12.1. The van der Waals surface area contributed by atoms with Crippen molar-refractivity contribution in [3.8, 4) is 5.69 Å². The zero-order valence-electron chi connectivity index (χ0n) is 13.8. The van der Waals surface area contributed by atoms with Crippen molar-refractivity contribution in [1.82, 2.24) is 29.2 Å². The van der Waals surface area contributed by atoms with Gasteiger partial charge in [-0.3, -0.25) is 4.57 Å². The van der Waals surface area contributed by atoms with Gasteiger partial charge in [0.15, 0.2) is 0 Å². The molecule has 0 unspecified atom stereocenters. The number of carbonyl (C=O) groups excluding carboxylic acids is 1. The molecule has 1 aromatic carbocycles. The number of carbonyl (C=O) groups is 1. The Morgan fingerprint density at radius 2 is 2.00 bits per heavy atom. The molecule has 0 atom stereocenters. The fourth-order valence-electron chi connectivity index (χ4n) is 2.30. The van der Waals surface area contributed by atoms with Crippen molar-refractivity contribution < 1.29 is 4.79 Å². The molecule has 0 saturated carbocycles. The largest absolute Gasteiger partial charge is 0.350 e. The predicted octanol–water partition coefficient (Wildman–Crippen LogP) is 0.979. The molecule has 0 radical (unpaired) electrons. The van der Waals surface area contributed by atoms with Gasteiger partial charge in [0.05, 0.1) is 12.0 Å². The zero-order valence-corrected chi connectivity index (χ0v) is 13.8. The lowest BCUT2D eigenvalue weighted by Crippen LogP contribution is -2.30. The molecule has 130 valence electrons. The number of urea groups is 1. The van der Waals surface area contributed by atoms with E-state index >= 15 is 0 Å². The standard InChI is InChI=1S/C16H19N7O2/c1-21-12-19-23(16(21)25)14-5-3-13(4-6-14)20-15(24)18-7-2-9-22-10-8-17-11-22/h3-6,8,10-12H,2,7,9H2,1H3,(H2,18,20,24). The van der Waals surface area contributed by atoms with Gasteiger partial charge in [-0.1, -0.05) is 0 Å². The van der Waals surface area contributed by atoms with E-state index in [9.17, 15) is 9.59 Å². The summed E-state index contributed by atoms with van der Waals surface area (Å²) in [6.45, 7) is 1.36. The number of nitrogens with one attached hydrogen (secondary N) is 2. The van der Waals surface area contributed by atoms with Crippen LogP contribution < -0.4 is 16.3 Å². The lowest BCUT2D eigenvalue weighted by Gasteiger charge is -2.08. The number of benzene rings is 1. The van der Waals surface area contributed by atoms with Crippen molar-refractivity contribution >= 4 is 11.7 Å². The van der Waals surface area contributed by atoms with Crippen LogP contribution in [0.2, 0.25) is 0 Å². The lowest BCUT2D eigenvalue weighted by atomic mass is 10.3. The molecule has 9 nitrogen and oxygen atoms in total. The molecule has 2 N–H and O–H groups in total. The molecule has 3 aromatic rings. The Balaban J connectivity index is 1.48. The lowest BCUT2D eigenvalue weighted by molar-refractivity contribution is 0.252. The van der Waals surface area contributed by atoms with Gasteiger partial charge < -0.3 is 15.2 Å². The predicted molar refractivity (Wildman–Crippen MR) is 92.7 cm³/mol. The molecule has 0 saturated heterocycles. The molecule has 0 spiro atoms. The molecular formula is C16H19N7O2. The third-order valence-corrected chi connectivity index (χ3v) is 3.63. The Kier molecular flexibility index (Phi) is 4.93. The summed E-state index contributed by atoms with van der Waals surface area (Å²) in [7, 11) is 1.64. The van der Waals surface area contributed by atoms with E-state index in [1.54, 1.807) is 43.8 Å². The van der Waals surface area contributed by atoms with Crippen LogP contribution in [0.4, 0.5) is 10.5 Å². The SMILES string of the molecule is Cn1cnn(-c2ccc(NC(=O)NCCCn3ccnc3)cc2)c1=O. The van der Waals surface area contributed by atoms with E-state index in [-0.39, 0.29) is 11.7 Å². The maximum atomic E-state index is 11.9. The molecule has 2 amide bonds. The summed E-state index contributed by atoms with van der Waals surface area (Å²) in [4.78, 5) is 27.7. The normalized spacial score (nSPS) is 10.6. The number of imidazole rings is 1. The number of anilines is 1. The highest BCUT2D eigenvalue weighted by atomic mass is 16.2. The summed E-state index contributed by atoms with van der Waals surface area (Å²) in [6.07, 6.45) is 7.61. The molecule has 9 heteroatoms. The molecule has 2 heterocycles. The maximum absolute atomic E-state index is 11.9. The number of aryl methyl sites for hydroxylation is 2. The van der Waals surface area contributed by atoms with Crippen molar-refractivity contribution in [3.63, 3.8) is 0 Å². The highest BCUT2D eigenvalue weighted by molar-refractivity contribution is 5.89. The van der Waals surface area contributed by atoms with Crippen LogP contribution in [-0.2, 0) is 13.6 Å². The van der Waals surface area contributed by atoms with E-state index in [0.717, 1.165) is 13.0 Å². The molecule has 0 aliphatic rings. The summed E-state index contributed by atoms with van der Waals surface area (Å²) < 4.78 is 4.64. The Bertz CT molecular complexity index is 878. The highest BCUT2D eigenvalue weighted by Gasteiger charge is 2.05. The second kappa shape index (κ2) is 7.47. The first-order valence-electron chi connectivity index (χ1n) is 7.85. The fraction of sp³-hybridized carbons (Fsp3) is 0.250. The van der Waals surface area contributed by atoms with Gasteiger partial charge in [-0.15, -0.1) is 0 Å². The van der Waals surface area contributed by atoms with Crippen LogP contribution in [0.25, 0.3) is 5.69 Å². The highest BCUT2D eigenvalue weighted by Crippen LogP contribution is 2.11. The van der Waals surface area contributed by atoms with E-state index in [0.29, 0.717) is 17.9 Å². The van der Waals surface area contributed by atoms with Gasteiger partial charge in [-0.25, -0.2) is 14.6 Å². The Morgan fingerprint density at radius 1 is 1.20 bits per heavy atom. The van der Waals surface area contributed by atoms with Crippen LogP contribution in [0, 0.1) is 0 Å². The fourth-order valence-corrected chi connectivity index (χ4v) is 2.30. The molecule has 3 rings (SSSR count). The minimum atomic E-state index is -0.270. The van der Waals surface area contributed by atoms with Crippen LogP contribution in [0.15, 0.2) is 54.1 Å². The van der Waals surface area contributed by atoms with E-state index in [1.165, 1.54) is 15.6 Å². The molecule has 2 aromatic heterocycles. The third-order valence-electron chi connectivity index (χ3n) is 3.63. The van der Waals surface area contributed by atoms with Crippen LogP contribution in [0.1, 0.15) is 6.42 Å². The summed E-state index contributed by atoms with van der Waals surface area (Å²) in [5, 5.41) is 9.56. The van der Waals surface area contributed by atoms with Crippen LogP contribution in [-0.4, -0.2) is 36.5 Å². The number of amides is 2. The van der Waals surface area contributed by atoms with Crippen LogP contribution >= 0.6 is 0 Å². The van der Waals surface area contributed by atoms with Crippen molar-refractivity contribution in [3.05, 3.63) is 59.8 Å². The smallest absolute Gasteiger partial charge is 0.338 e. The topological polar surface area (TPSA) is 98.8 Å². The van der Waals surface area contributed by atoms with Crippen molar-refractivity contribution in [2.45, 2.75) is 13.0 Å². The van der Waals surface area contributed by atoms with E-state index < -0.39 is 0 Å². The van der Waals surface area contributed by atoms with Crippen LogP contribution in [0.5, 0.6) is 0 Å².